The molecule has 0 N–H and O–H groups in total. The lowest BCUT2D eigenvalue weighted by Crippen LogP contribution is -2.01. The molecule has 2 aromatic carbocycles. The van der Waals surface area contributed by atoms with E-state index >= 15 is 0 Å². The highest BCUT2D eigenvalue weighted by atomic mass is 14.2. The minimum absolute atomic E-state index is 0.638. The van der Waals surface area contributed by atoms with Gasteiger partial charge in [0.25, 0.3) is 0 Å². The SMILES string of the molecule is C=Cc1ccc(Cc2ccccc2C(C)CCC)cc1CCC. The Labute approximate surface area is 142 Å². The molecule has 2 rings (SSSR count). The highest BCUT2D eigenvalue weighted by Crippen LogP contribution is 2.26. The summed E-state index contributed by atoms with van der Waals surface area (Å²) in [4.78, 5) is 0. The zero-order valence-electron chi connectivity index (χ0n) is 14.9. The largest absolute Gasteiger partial charge is 0.0985 e. The fourth-order valence-corrected chi connectivity index (χ4v) is 3.44. The summed E-state index contributed by atoms with van der Waals surface area (Å²) < 4.78 is 0. The van der Waals surface area contributed by atoms with Crippen molar-refractivity contribution in [2.75, 3.05) is 0 Å². The maximum Gasteiger partial charge on any atom is -0.00228 e. The van der Waals surface area contributed by atoms with Gasteiger partial charge in [-0.25, -0.2) is 0 Å². The van der Waals surface area contributed by atoms with Gasteiger partial charge in [-0.1, -0.05) is 88.7 Å². The quantitative estimate of drug-likeness (QED) is 0.504. The molecule has 0 spiro atoms. The molecule has 1 unspecified atom stereocenters. The standard InChI is InChI=1S/C23H30/c1-5-10-18(4)23-13-9-8-12-22(23)17-19-14-15-20(7-3)21(16-19)11-6-2/h7-9,12-16,18H,3,5-6,10-11,17H2,1-2,4H3. The van der Waals surface area contributed by atoms with Crippen LogP contribution in [0.15, 0.2) is 49.0 Å². The molecule has 0 aliphatic rings. The van der Waals surface area contributed by atoms with Crippen molar-refractivity contribution in [2.24, 2.45) is 0 Å². The number of benzene rings is 2. The smallest absolute Gasteiger partial charge is 0.00228 e. The van der Waals surface area contributed by atoms with E-state index in [-0.39, 0.29) is 0 Å². The van der Waals surface area contributed by atoms with Crippen molar-refractivity contribution < 1.29 is 0 Å². The summed E-state index contributed by atoms with van der Waals surface area (Å²) in [5.41, 5.74) is 7.11. The number of hydrogen-bond acceptors (Lipinski definition) is 0. The van der Waals surface area contributed by atoms with Crippen LogP contribution in [0.25, 0.3) is 6.08 Å². The minimum Gasteiger partial charge on any atom is -0.0985 e. The Kier molecular flexibility index (Phi) is 6.65. The van der Waals surface area contributed by atoms with Crippen molar-refractivity contribution in [1.29, 1.82) is 0 Å². The molecule has 2 aromatic rings. The Morgan fingerprint density at radius 1 is 1.00 bits per heavy atom. The van der Waals surface area contributed by atoms with Crippen LogP contribution in [0, 0.1) is 0 Å². The van der Waals surface area contributed by atoms with E-state index < -0.39 is 0 Å². The molecule has 0 aromatic heterocycles. The van der Waals surface area contributed by atoms with Crippen molar-refractivity contribution in [3.05, 3.63) is 76.9 Å². The lowest BCUT2D eigenvalue weighted by molar-refractivity contribution is 0.659. The second kappa shape index (κ2) is 8.72. The first-order chi connectivity index (χ1) is 11.2. The van der Waals surface area contributed by atoms with E-state index in [1.807, 2.05) is 6.08 Å². The Morgan fingerprint density at radius 3 is 2.48 bits per heavy atom. The van der Waals surface area contributed by atoms with E-state index in [2.05, 4.69) is 69.8 Å². The van der Waals surface area contributed by atoms with Gasteiger partial charge in [0.05, 0.1) is 0 Å². The molecule has 0 heteroatoms. The second-order valence-corrected chi connectivity index (χ2v) is 6.55. The summed E-state index contributed by atoms with van der Waals surface area (Å²) >= 11 is 0. The molecule has 1 atom stereocenters. The predicted molar refractivity (Wildman–Crippen MR) is 103 cm³/mol. The van der Waals surface area contributed by atoms with Crippen LogP contribution in [0.4, 0.5) is 0 Å². The molecule has 0 aliphatic heterocycles. The normalized spacial score (nSPS) is 12.1. The Bertz CT molecular complexity index is 636. The summed E-state index contributed by atoms with van der Waals surface area (Å²) in [5.74, 6) is 0.638. The summed E-state index contributed by atoms with van der Waals surface area (Å²) in [6.45, 7) is 10.8. The highest BCUT2D eigenvalue weighted by molar-refractivity contribution is 5.53. The van der Waals surface area contributed by atoms with E-state index in [1.54, 1.807) is 0 Å². The van der Waals surface area contributed by atoms with Crippen molar-refractivity contribution in [2.45, 2.75) is 58.8 Å². The zero-order valence-corrected chi connectivity index (χ0v) is 14.9. The summed E-state index contributed by atoms with van der Waals surface area (Å²) in [6.07, 6.45) is 7.81. The van der Waals surface area contributed by atoms with Gasteiger partial charge in [0.2, 0.25) is 0 Å². The molecule has 0 aliphatic carbocycles. The molecule has 0 nitrogen and oxygen atoms in total. The molecule has 0 amide bonds. The Hall–Kier alpha value is -1.82. The lowest BCUT2D eigenvalue weighted by Gasteiger charge is -2.16. The van der Waals surface area contributed by atoms with Crippen molar-refractivity contribution in [1.82, 2.24) is 0 Å². The fourth-order valence-electron chi connectivity index (χ4n) is 3.44. The summed E-state index contributed by atoms with van der Waals surface area (Å²) in [6, 6.07) is 15.8. The molecular weight excluding hydrogens is 276 g/mol. The van der Waals surface area contributed by atoms with Crippen LogP contribution in [0.5, 0.6) is 0 Å². The number of rotatable bonds is 8. The molecule has 0 saturated heterocycles. The van der Waals surface area contributed by atoms with E-state index in [4.69, 9.17) is 0 Å². The first kappa shape index (κ1) is 17.5. The van der Waals surface area contributed by atoms with Gasteiger partial charge in [-0.2, -0.15) is 0 Å². The molecule has 0 bridgehead atoms. The van der Waals surface area contributed by atoms with Gasteiger partial charge in [-0.05, 0) is 53.0 Å². The van der Waals surface area contributed by atoms with E-state index in [0.717, 1.165) is 12.8 Å². The van der Waals surface area contributed by atoms with Crippen LogP contribution in [-0.2, 0) is 12.8 Å². The van der Waals surface area contributed by atoms with E-state index in [1.165, 1.54) is 47.1 Å². The highest BCUT2D eigenvalue weighted by Gasteiger charge is 2.10. The third-order valence-corrected chi connectivity index (χ3v) is 4.65. The zero-order chi connectivity index (χ0) is 16.7. The Morgan fingerprint density at radius 2 is 1.78 bits per heavy atom. The maximum atomic E-state index is 3.95. The first-order valence-corrected chi connectivity index (χ1v) is 9.01. The van der Waals surface area contributed by atoms with Crippen molar-refractivity contribution in [3.63, 3.8) is 0 Å². The van der Waals surface area contributed by atoms with Gasteiger partial charge in [-0.3, -0.25) is 0 Å². The van der Waals surface area contributed by atoms with Gasteiger partial charge in [0, 0.05) is 0 Å². The van der Waals surface area contributed by atoms with E-state index in [0.29, 0.717) is 5.92 Å². The summed E-state index contributed by atoms with van der Waals surface area (Å²) in [5, 5.41) is 0. The summed E-state index contributed by atoms with van der Waals surface area (Å²) in [7, 11) is 0. The number of aryl methyl sites for hydroxylation is 1. The Balaban J connectivity index is 2.29. The first-order valence-electron chi connectivity index (χ1n) is 9.01. The predicted octanol–water partition coefficient (Wildman–Crippen LogP) is 6.78. The molecule has 122 valence electrons. The average molecular weight is 306 g/mol. The van der Waals surface area contributed by atoms with Crippen LogP contribution < -0.4 is 0 Å². The molecule has 0 fully saturated rings. The second-order valence-electron chi connectivity index (χ2n) is 6.55. The van der Waals surface area contributed by atoms with Gasteiger partial charge in [0.1, 0.15) is 0 Å². The van der Waals surface area contributed by atoms with Crippen LogP contribution in [0.2, 0.25) is 0 Å². The monoisotopic (exact) mass is 306 g/mol. The molecule has 0 radical (unpaired) electrons. The van der Waals surface area contributed by atoms with Crippen LogP contribution in [0.3, 0.4) is 0 Å². The average Bonchev–Trinajstić information content (AvgIpc) is 2.56. The molecule has 0 heterocycles. The topological polar surface area (TPSA) is 0 Å². The van der Waals surface area contributed by atoms with Crippen molar-refractivity contribution >= 4 is 6.08 Å². The van der Waals surface area contributed by atoms with Gasteiger partial charge >= 0.3 is 0 Å². The number of hydrogen-bond donors (Lipinski definition) is 0. The third kappa shape index (κ3) is 4.58. The molecule has 0 saturated carbocycles. The maximum absolute atomic E-state index is 3.95. The molecule has 23 heavy (non-hydrogen) atoms. The van der Waals surface area contributed by atoms with Crippen LogP contribution in [0.1, 0.15) is 73.8 Å². The van der Waals surface area contributed by atoms with E-state index in [9.17, 15) is 0 Å². The lowest BCUT2D eigenvalue weighted by atomic mass is 9.88. The molecular formula is C23H30. The van der Waals surface area contributed by atoms with Gasteiger partial charge in [-0.15, -0.1) is 0 Å². The van der Waals surface area contributed by atoms with Gasteiger partial charge in [0.15, 0.2) is 0 Å². The van der Waals surface area contributed by atoms with Crippen molar-refractivity contribution in [3.8, 4) is 0 Å². The van der Waals surface area contributed by atoms with Crippen LogP contribution >= 0.6 is 0 Å². The third-order valence-electron chi connectivity index (χ3n) is 4.65. The van der Waals surface area contributed by atoms with Crippen LogP contribution in [-0.4, -0.2) is 0 Å². The minimum atomic E-state index is 0.638. The fraction of sp³-hybridized carbons (Fsp3) is 0.391. The van der Waals surface area contributed by atoms with Gasteiger partial charge < -0.3 is 0 Å².